The Balaban J connectivity index is 1.90. The summed E-state index contributed by atoms with van der Waals surface area (Å²) in [5.74, 6) is 0.305. The lowest BCUT2D eigenvalue weighted by molar-refractivity contribution is -0.134. The molecule has 0 unspecified atom stereocenters. The van der Waals surface area contributed by atoms with Crippen molar-refractivity contribution >= 4 is 5.91 Å². The van der Waals surface area contributed by atoms with Crippen LogP contribution in [0.2, 0.25) is 0 Å². The molecule has 1 aromatic rings. The van der Waals surface area contributed by atoms with Crippen LogP contribution in [0.15, 0.2) is 30.3 Å². The lowest BCUT2D eigenvalue weighted by Gasteiger charge is -2.34. The summed E-state index contributed by atoms with van der Waals surface area (Å²) in [6, 6.07) is 10.7. The first-order valence-corrected chi connectivity index (χ1v) is 8.34. The predicted octanol–water partition coefficient (Wildman–Crippen LogP) is 3.13. The van der Waals surface area contributed by atoms with Crippen LogP contribution in [0.3, 0.4) is 0 Å². The second-order valence-electron chi connectivity index (χ2n) is 6.01. The number of benzene rings is 1. The van der Waals surface area contributed by atoms with E-state index in [1.54, 1.807) is 0 Å². The van der Waals surface area contributed by atoms with E-state index in [0.717, 1.165) is 19.4 Å². The lowest BCUT2D eigenvalue weighted by atomic mass is 9.93. The van der Waals surface area contributed by atoms with Crippen molar-refractivity contribution in [1.82, 2.24) is 4.90 Å². The van der Waals surface area contributed by atoms with Gasteiger partial charge in [0.2, 0.25) is 5.91 Å². The highest BCUT2D eigenvalue weighted by Crippen LogP contribution is 2.23. The van der Waals surface area contributed by atoms with Gasteiger partial charge in [-0.15, -0.1) is 0 Å². The van der Waals surface area contributed by atoms with Gasteiger partial charge < -0.3 is 10.6 Å². The third-order valence-corrected chi connectivity index (χ3v) is 4.41. The number of hydrogen-bond donors (Lipinski definition) is 1. The van der Waals surface area contributed by atoms with Crippen molar-refractivity contribution in [3.63, 3.8) is 0 Å². The molecule has 1 fully saturated rings. The smallest absolute Gasteiger partial charge is 0.223 e. The standard InChI is InChI=1S/C18H28N2O/c19-14-7-15-20(17-10-5-2-6-11-17)18(21)13-12-16-8-3-1-4-9-16/h1,3-4,8-9,17H,2,5-7,10-15,19H2. The Labute approximate surface area is 128 Å². The highest BCUT2D eigenvalue weighted by Gasteiger charge is 2.24. The Hall–Kier alpha value is -1.35. The molecule has 0 atom stereocenters. The van der Waals surface area contributed by atoms with Crippen LogP contribution in [0.25, 0.3) is 0 Å². The summed E-state index contributed by atoms with van der Waals surface area (Å²) in [5.41, 5.74) is 6.88. The van der Waals surface area contributed by atoms with Gasteiger partial charge in [0.05, 0.1) is 0 Å². The van der Waals surface area contributed by atoms with Crippen LogP contribution in [-0.4, -0.2) is 29.9 Å². The normalized spacial score (nSPS) is 15.9. The van der Waals surface area contributed by atoms with E-state index in [0.29, 0.717) is 24.9 Å². The average Bonchev–Trinajstić information content (AvgIpc) is 2.55. The van der Waals surface area contributed by atoms with E-state index in [2.05, 4.69) is 17.0 Å². The molecule has 1 amide bonds. The summed E-state index contributed by atoms with van der Waals surface area (Å²) in [7, 11) is 0. The van der Waals surface area contributed by atoms with Crippen LogP contribution in [0.4, 0.5) is 0 Å². The van der Waals surface area contributed by atoms with E-state index < -0.39 is 0 Å². The molecule has 0 radical (unpaired) electrons. The maximum Gasteiger partial charge on any atom is 0.223 e. The Morgan fingerprint density at radius 2 is 1.86 bits per heavy atom. The first-order chi connectivity index (χ1) is 10.3. The molecule has 0 heterocycles. The summed E-state index contributed by atoms with van der Waals surface area (Å²) < 4.78 is 0. The summed E-state index contributed by atoms with van der Waals surface area (Å²) >= 11 is 0. The molecule has 2 rings (SSSR count). The summed E-state index contributed by atoms with van der Waals surface area (Å²) in [5, 5.41) is 0. The fourth-order valence-electron chi connectivity index (χ4n) is 3.20. The Morgan fingerprint density at radius 3 is 2.52 bits per heavy atom. The highest BCUT2D eigenvalue weighted by atomic mass is 16.2. The van der Waals surface area contributed by atoms with Gasteiger partial charge in [0.25, 0.3) is 0 Å². The van der Waals surface area contributed by atoms with Crippen LogP contribution >= 0.6 is 0 Å². The number of rotatable bonds is 7. The SMILES string of the molecule is NCCCN(C(=O)CCc1ccccc1)C1CCCCC1. The second-order valence-corrected chi connectivity index (χ2v) is 6.01. The molecule has 3 heteroatoms. The minimum Gasteiger partial charge on any atom is -0.340 e. The maximum atomic E-state index is 12.6. The topological polar surface area (TPSA) is 46.3 Å². The minimum atomic E-state index is 0.305. The molecule has 3 nitrogen and oxygen atoms in total. The first kappa shape index (κ1) is 16.0. The molecule has 0 saturated heterocycles. The van der Waals surface area contributed by atoms with Crippen LogP contribution < -0.4 is 5.73 Å². The fourth-order valence-corrected chi connectivity index (χ4v) is 3.20. The molecule has 21 heavy (non-hydrogen) atoms. The van der Waals surface area contributed by atoms with Gasteiger partial charge in [-0.2, -0.15) is 0 Å². The van der Waals surface area contributed by atoms with Gasteiger partial charge >= 0.3 is 0 Å². The number of carbonyl (C=O) groups is 1. The molecule has 1 saturated carbocycles. The van der Waals surface area contributed by atoms with Gasteiger partial charge in [0.15, 0.2) is 0 Å². The molecule has 2 N–H and O–H groups in total. The number of nitrogens with zero attached hydrogens (tertiary/aromatic N) is 1. The van der Waals surface area contributed by atoms with Gasteiger partial charge in [-0.25, -0.2) is 0 Å². The molecule has 0 bridgehead atoms. The third-order valence-electron chi connectivity index (χ3n) is 4.41. The lowest BCUT2D eigenvalue weighted by Crippen LogP contribution is -2.42. The third kappa shape index (κ3) is 5.16. The molecule has 0 spiro atoms. The van der Waals surface area contributed by atoms with Crippen molar-refractivity contribution in [2.75, 3.05) is 13.1 Å². The van der Waals surface area contributed by atoms with Crippen LogP contribution in [-0.2, 0) is 11.2 Å². The van der Waals surface area contributed by atoms with Crippen molar-refractivity contribution in [2.45, 2.75) is 57.4 Å². The zero-order valence-electron chi connectivity index (χ0n) is 13.0. The number of amides is 1. The number of carbonyl (C=O) groups excluding carboxylic acids is 1. The van der Waals surface area contributed by atoms with Crippen LogP contribution in [0, 0.1) is 0 Å². The molecule has 1 aliphatic carbocycles. The van der Waals surface area contributed by atoms with Crippen LogP contribution in [0.5, 0.6) is 0 Å². The Kier molecular flexibility index (Phi) is 6.74. The number of hydrogen-bond acceptors (Lipinski definition) is 2. The van der Waals surface area contributed by atoms with Crippen molar-refractivity contribution in [3.05, 3.63) is 35.9 Å². The average molecular weight is 288 g/mol. The van der Waals surface area contributed by atoms with Gasteiger partial charge in [0, 0.05) is 19.0 Å². The summed E-state index contributed by atoms with van der Waals surface area (Å²) in [6.45, 7) is 1.49. The highest BCUT2D eigenvalue weighted by molar-refractivity contribution is 5.76. The molecule has 1 aromatic carbocycles. The van der Waals surface area contributed by atoms with E-state index in [1.807, 2.05) is 18.2 Å². The van der Waals surface area contributed by atoms with Crippen molar-refractivity contribution < 1.29 is 4.79 Å². The van der Waals surface area contributed by atoms with Gasteiger partial charge in [0.1, 0.15) is 0 Å². The van der Waals surface area contributed by atoms with Crippen molar-refractivity contribution in [1.29, 1.82) is 0 Å². The molecule has 0 aliphatic heterocycles. The van der Waals surface area contributed by atoms with E-state index >= 15 is 0 Å². The molecule has 0 aromatic heterocycles. The molecule has 1 aliphatic rings. The molecule has 116 valence electrons. The fraction of sp³-hybridized carbons (Fsp3) is 0.611. The zero-order chi connectivity index (χ0) is 14.9. The minimum absolute atomic E-state index is 0.305. The van der Waals surface area contributed by atoms with Gasteiger partial charge in [-0.05, 0) is 37.8 Å². The van der Waals surface area contributed by atoms with Crippen molar-refractivity contribution in [3.8, 4) is 0 Å². The maximum absolute atomic E-state index is 12.6. The Bertz CT molecular complexity index is 412. The monoisotopic (exact) mass is 288 g/mol. The largest absolute Gasteiger partial charge is 0.340 e. The second kappa shape index (κ2) is 8.83. The number of aryl methyl sites for hydroxylation is 1. The Morgan fingerprint density at radius 1 is 1.14 bits per heavy atom. The summed E-state index contributed by atoms with van der Waals surface area (Å²) in [6.07, 6.45) is 8.54. The first-order valence-electron chi connectivity index (χ1n) is 8.34. The molecular formula is C18H28N2O. The summed E-state index contributed by atoms with van der Waals surface area (Å²) in [4.78, 5) is 14.7. The van der Waals surface area contributed by atoms with Crippen LogP contribution in [0.1, 0.15) is 50.5 Å². The van der Waals surface area contributed by atoms with Gasteiger partial charge in [-0.1, -0.05) is 49.6 Å². The number of nitrogens with two attached hydrogens (primary N) is 1. The van der Waals surface area contributed by atoms with E-state index in [9.17, 15) is 4.79 Å². The van der Waals surface area contributed by atoms with Gasteiger partial charge in [-0.3, -0.25) is 4.79 Å². The molecular weight excluding hydrogens is 260 g/mol. The zero-order valence-corrected chi connectivity index (χ0v) is 13.0. The van der Waals surface area contributed by atoms with E-state index in [4.69, 9.17) is 5.73 Å². The van der Waals surface area contributed by atoms with E-state index in [1.165, 1.54) is 37.7 Å². The predicted molar refractivity (Wildman–Crippen MR) is 87.0 cm³/mol. The quantitative estimate of drug-likeness (QED) is 0.838. The van der Waals surface area contributed by atoms with E-state index in [-0.39, 0.29) is 0 Å². The van der Waals surface area contributed by atoms with Crippen molar-refractivity contribution in [2.24, 2.45) is 5.73 Å².